The fraction of sp³-hybridized carbons (Fsp3) is 0.375. The van der Waals surface area contributed by atoms with E-state index in [1.807, 2.05) is 19.9 Å². The Bertz CT molecular complexity index is 1120. The molecular weight excluding hydrogens is 467 g/mol. The van der Waals surface area contributed by atoms with Crippen molar-refractivity contribution in [2.24, 2.45) is 17.8 Å². The van der Waals surface area contributed by atoms with Gasteiger partial charge in [0.25, 0.3) is 0 Å². The van der Waals surface area contributed by atoms with Crippen LogP contribution < -0.4 is 5.32 Å². The Balaban J connectivity index is 1.85. The number of rotatable bonds is 6. The van der Waals surface area contributed by atoms with E-state index in [2.05, 4.69) is 5.32 Å². The van der Waals surface area contributed by atoms with Crippen molar-refractivity contribution in [3.63, 3.8) is 0 Å². The van der Waals surface area contributed by atoms with E-state index in [1.165, 1.54) is 12.1 Å². The molecule has 2 heterocycles. The first kappa shape index (κ1) is 23.5. The van der Waals surface area contributed by atoms with Crippen molar-refractivity contribution in [2.45, 2.75) is 38.4 Å². The summed E-state index contributed by atoms with van der Waals surface area (Å²) in [6, 6.07) is 10.9. The number of phenolic OH excluding ortho intramolecular Hbond substituents is 1. The SMILES string of the molecule is CC(C)C[C@]1(C(=O)O)N[C@H](c2cc(Cl)cc(Cl)c2O)[C@@H]2C(=O)N(Cc3ccccc3)C(=O)[C@@H]21. The van der Waals surface area contributed by atoms with Gasteiger partial charge < -0.3 is 10.2 Å². The number of amides is 2. The van der Waals surface area contributed by atoms with Crippen molar-refractivity contribution in [3.8, 4) is 5.75 Å². The highest BCUT2D eigenvalue weighted by Crippen LogP contribution is 2.53. The summed E-state index contributed by atoms with van der Waals surface area (Å²) in [6.07, 6.45) is 0.118. The summed E-state index contributed by atoms with van der Waals surface area (Å²) >= 11 is 12.3. The van der Waals surface area contributed by atoms with Crippen LogP contribution in [-0.2, 0) is 20.9 Å². The first-order chi connectivity index (χ1) is 15.6. The van der Waals surface area contributed by atoms with Crippen molar-refractivity contribution in [2.75, 3.05) is 0 Å². The van der Waals surface area contributed by atoms with Crippen LogP contribution in [0, 0.1) is 17.8 Å². The van der Waals surface area contributed by atoms with Crippen LogP contribution in [0.5, 0.6) is 5.75 Å². The van der Waals surface area contributed by atoms with E-state index >= 15 is 0 Å². The van der Waals surface area contributed by atoms with Crippen LogP contribution in [-0.4, -0.2) is 38.4 Å². The zero-order valence-electron chi connectivity index (χ0n) is 18.1. The molecule has 2 aromatic carbocycles. The number of nitrogens with one attached hydrogen (secondary N) is 1. The zero-order chi connectivity index (χ0) is 24.1. The molecule has 2 aliphatic heterocycles. The Morgan fingerprint density at radius 1 is 1.15 bits per heavy atom. The van der Waals surface area contributed by atoms with Crippen LogP contribution in [0.4, 0.5) is 0 Å². The third-order valence-corrected chi connectivity index (χ3v) is 6.94. The van der Waals surface area contributed by atoms with E-state index in [9.17, 15) is 24.6 Å². The van der Waals surface area contributed by atoms with Crippen molar-refractivity contribution in [1.82, 2.24) is 10.2 Å². The molecule has 2 aliphatic rings. The molecule has 2 amide bonds. The molecule has 2 aromatic rings. The Labute approximate surface area is 201 Å². The van der Waals surface area contributed by atoms with Gasteiger partial charge in [0, 0.05) is 16.6 Å². The molecule has 0 saturated carbocycles. The highest BCUT2D eigenvalue weighted by Gasteiger charge is 2.68. The minimum atomic E-state index is -1.69. The summed E-state index contributed by atoms with van der Waals surface area (Å²) in [5.41, 5.74) is -0.748. The summed E-state index contributed by atoms with van der Waals surface area (Å²) < 4.78 is 0. The van der Waals surface area contributed by atoms with E-state index in [-0.39, 0.29) is 40.2 Å². The van der Waals surface area contributed by atoms with Crippen LogP contribution in [0.2, 0.25) is 10.0 Å². The summed E-state index contributed by atoms with van der Waals surface area (Å²) in [6.45, 7) is 3.74. The number of halogens is 2. The van der Waals surface area contributed by atoms with Gasteiger partial charge in [-0.1, -0.05) is 67.4 Å². The molecule has 9 heteroatoms. The molecule has 4 rings (SSSR count). The van der Waals surface area contributed by atoms with Crippen LogP contribution in [0.25, 0.3) is 0 Å². The first-order valence-corrected chi connectivity index (χ1v) is 11.4. The van der Waals surface area contributed by atoms with Crippen molar-refractivity contribution in [1.29, 1.82) is 0 Å². The number of likely N-dealkylation sites (tertiary alicyclic amines) is 1. The third kappa shape index (κ3) is 3.88. The Morgan fingerprint density at radius 2 is 1.82 bits per heavy atom. The zero-order valence-corrected chi connectivity index (χ0v) is 19.6. The number of fused-ring (bicyclic) bond motifs is 1. The van der Waals surface area contributed by atoms with Crippen LogP contribution >= 0.6 is 23.2 Å². The standard InChI is InChI=1S/C24H24Cl2N2O5/c1-12(2)10-24(23(32)33)18-17(19(27-24)15-8-14(25)9-16(26)20(15)29)21(30)28(22(18)31)11-13-6-4-3-5-7-13/h3-9,12,17-19,27,29H,10-11H2,1-2H3,(H,32,33)/t17-,18-,19-,24+/m1/s1. The number of hydrogen-bond donors (Lipinski definition) is 3. The van der Waals surface area contributed by atoms with Gasteiger partial charge in [0.15, 0.2) is 0 Å². The van der Waals surface area contributed by atoms with Gasteiger partial charge in [-0.2, -0.15) is 0 Å². The maximum atomic E-state index is 13.6. The van der Waals surface area contributed by atoms with E-state index < -0.39 is 41.2 Å². The number of carbonyl (C=O) groups is 3. The average molecular weight is 491 g/mol. The topological polar surface area (TPSA) is 107 Å². The van der Waals surface area contributed by atoms with E-state index in [0.29, 0.717) is 0 Å². The van der Waals surface area contributed by atoms with E-state index in [4.69, 9.17) is 23.2 Å². The Hall–Kier alpha value is -2.61. The number of carboxylic acid groups (broad SMARTS) is 1. The van der Waals surface area contributed by atoms with Crippen molar-refractivity contribution >= 4 is 41.0 Å². The van der Waals surface area contributed by atoms with E-state index in [0.717, 1.165) is 10.5 Å². The number of carbonyl (C=O) groups excluding carboxylic acids is 2. The average Bonchev–Trinajstić information content (AvgIpc) is 3.21. The third-order valence-electron chi connectivity index (χ3n) is 6.43. The number of aliphatic carboxylic acids is 1. The van der Waals surface area contributed by atoms with Gasteiger partial charge >= 0.3 is 5.97 Å². The molecule has 0 aliphatic carbocycles. The fourth-order valence-electron chi connectivity index (χ4n) is 5.19. The van der Waals surface area contributed by atoms with Gasteiger partial charge in [-0.3, -0.25) is 24.6 Å². The minimum absolute atomic E-state index is 0.0227. The predicted molar refractivity (Wildman–Crippen MR) is 123 cm³/mol. The maximum Gasteiger partial charge on any atom is 0.324 e. The normalized spacial score (nSPS) is 26.8. The summed E-state index contributed by atoms with van der Waals surface area (Å²) in [5, 5.41) is 24.2. The lowest BCUT2D eigenvalue weighted by atomic mass is 9.75. The van der Waals surface area contributed by atoms with Gasteiger partial charge in [0.2, 0.25) is 11.8 Å². The summed E-state index contributed by atoms with van der Waals surface area (Å²) in [7, 11) is 0. The lowest BCUT2D eigenvalue weighted by Crippen LogP contribution is -2.56. The molecule has 0 radical (unpaired) electrons. The molecule has 0 aromatic heterocycles. The molecular formula is C24H24Cl2N2O5. The lowest BCUT2D eigenvalue weighted by molar-refractivity contribution is -0.152. The molecule has 174 valence electrons. The molecule has 0 bridgehead atoms. The number of phenols is 1. The van der Waals surface area contributed by atoms with Crippen LogP contribution in [0.1, 0.15) is 37.4 Å². The number of nitrogens with zero attached hydrogens (tertiary/aromatic N) is 1. The fourth-order valence-corrected chi connectivity index (χ4v) is 5.70. The highest BCUT2D eigenvalue weighted by atomic mass is 35.5. The van der Waals surface area contributed by atoms with Crippen molar-refractivity contribution < 1.29 is 24.6 Å². The second kappa shape index (κ2) is 8.63. The second-order valence-corrected chi connectivity index (χ2v) is 9.92. The van der Waals surface area contributed by atoms with Crippen LogP contribution in [0.3, 0.4) is 0 Å². The molecule has 0 unspecified atom stereocenters. The van der Waals surface area contributed by atoms with Crippen LogP contribution in [0.15, 0.2) is 42.5 Å². The van der Waals surface area contributed by atoms with Gasteiger partial charge in [0.05, 0.1) is 23.4 Å². The smallest absolute Gasteiger partial charge is 0.324 e. The summed E-state index contributed by atoms with van der Waals surface area (Å²) in [4.78, 5) is 41.0. The maximum absolute atomic E-state index is 13.6. The molecule has 0 spiro atoms. The first-order valence-electron chi connectivity index (χ1n) is 10.6. The Kier molecular flexibility index (Phi) is 6.16. The number of imide groups is 1. The minimum Gasteiger partial charge on any atom is -0.506 e. The largest absolute Gasteiger partial charge is 0.506 e. The molecule has 3 N–H and O–H groups in total. The quantitative estimate of drug-likeness (QED) is 0.528. The van der Waals surface area contributed by atoms with Gasteiger partial charge in [-0.25, -0.2) is 0 Å². The highest BCUT2D eigenvalue weighted by molar-refractivity contribution is 6.35. The second-order valence-electron chi connectivity index (χ2n) is 9.07. The Morgan fingerprint density at radius 3 is 2.42 bits per heavy atom. The van der Waals surface area contributed by atoms with Gasteiger partial charge in [-0.05, 0) is 30.0 Å². The number of benzene rings is 2. The van der Waals surface area contributed by atoms with E-state index in [1.54, 1.807) is 24.3 Å². The van der Waals surface area contributed by atoms with Gasteiger partial charge in [-0.15, -0.1) is 0 Å². The molecule has 2 fully saturated rings. The number of carboxylic acids is 1. The molecule has 2 saturated heterocycles. The number of hydrogen-bond acceptors (Lipinski definition) is 5. The molecule has 4 atom stereocenters. The molecule has 33 heavy (non-hydrogen) atoms. The van der Waals surface area contributed by atoms with Crippen molar-refractivity contribution in [3.05, 3.63) is 63.6 Å². The monoisotopic (exact) mass is 490 g/mol. The lowest BCUT2D eigenvalue weighted by Gasteiger charge is -2.32. The molecule has 7 nitrogen and oxygen atoms in total. The number of aromatic hydroxyl groups is 1. The summed E-state index contributed by atoms with van der Waals surface area (Å²) in [5.74, 6) is -4.81. The van der Waals surface area contributed by atoms with Gasteiger partial charge in [0.1, 0.15) is 11.3 Å². The predicted octanol–water partition coefficient (Wildman–Crippen LogP) is 4.01.